The number of hydrogen-bond donors (Lipinski definition) is 3. The van der Waals surface area contributed by atoms with Crippen molar-refractivity contribution in [1.82, 2.24) is 14.9 Å². The van der Waals surface area contributed by atoms with Crippen LogP contribution < -0.4 is 17.3 Å². The van der Waals surface area contributed by atoms with E-state index in [9.17, 15) is 0 Å². The Bertz CT molecular complexity index is 550. The van der Waals surface area contributed by atoms with Crippen LogP contribution in [0.5, 0.6) is 0 Å². The Balaban J connectivity index is 2.69. The van der Waals surface area contributed by atoms with E-state index < -0.39 is 0 Å². The molecule has 2 aromatic rings. The van der Waals surface area contributed by atoms with E-state index in [1.165, 1.54) is 4.68 Å². The van der Waals surface area contributed by atoms with Crippen LogP contribution in [-0.2, 0) is 0 Å². The van der Waals surface area contributed by atoms with Crippen molar-refractivity contribution in [3.63, 3.8) is 0 Å². The Hall–Kier alpha value is -1.28. The SMILES string of the molecule is Nc1c(Br)cc(Br)cc1-c1nnc(N)n1N. The lowest BCUT2D eigenvalue weighted by atomic mass is 10.2. The molecule has 0 saturated carbocycles. The van der Waals surface area contributed by atoms with Crippen molar-refractivity contribution in [2.75, 3.05) is 17.3 Å². The fraction of sp³-hybridized carbons (Fsp3) is 0. The molecule has 0 spiro atoms. The number of rotatable bonds is 1. The summed E-state index contributed by atoms with van der Waals surface area (Å²) < 4.78 is 2.79. The number of hydrogen-bond acceptors (Lipinski definition) is 5. The van der Waals surface area contributed by atoms with Gasteiger partial charge in [-0.15, -0.1) is 10.2 Å². The molecular formula is C8H8Br2N6. The summed E-state index contributed by atoms with van der Waals surface area (Å²) in [5.41, 5.74) is 12.6. The lowest BCUT2D eigenvalue weighted by Crippen LogP contribution is -2.14. The molecule has 1 heterocycles. The summed E-state index contributed by atoms with van der Waals surface area (Å²) in [6, 6.07) is 3.63. The van der Waals surface area contributed by atoms with Crippen LogP contribution in [0.1, 0.15) is 0 Å². The maximum Gasteiger partial charge on any atom is 0.241 e. The number of benzene rings is 1. The van der Waals surface area contributed by atoms with E-state index in [0.717, 1.165) is 8.95 Å². The van der Waals surface area contributed by atoms with E-state index in [1.807, 2.05) is 6.07 Å². The highest BCUT2D eigenvalue weighted by molar-refractivity contribution is 9.11. The molecule has 0 atom stereocenters. The highest BCUT2D eigenvalue weighted by Crippen LogP contribution is 2.34. The van der Waals surface area contributed by atoms with Gasteiger partial charge >= 0.3 is 0 Å². The lowest BCUT2D eigenvalue weighted by Gasteiger charge is -2.07. The summed E-state index contributed by atoms with van der Waals surface area (Å²) in [4.78, 5) is 0. The molecule has 0 amide bonds. The molecule has 1 aromatic heterocycles. The molecule has 84 valence electrons. The lowest BCUT2D eigenvalue weighted by molar-refractivity contribution is 1.02. The Labute approximate surface area is 108 Å². The Morgan fingerprint density at radius 1 is 1.12 bits per heavy atom. The second kappa shape index (κ2) is 3.95. The Kier molecular flexibility index (Phi) is 2.76. The van der Waals surface area contributed by atoms with Crippen LogP contribution in [-0.4, -0.2) is 14.9 Å². The number of anilines is 2. The molecule has 0 fully saturated rings. The first-order valence-corrected chi connectivity index (χ1v) is 5.80. The third kappa shape index (κ3) is 1.74. The highest BCUT2D eigenvalue weighted by Gasteiger charge is 2.14. The van der Waals surface area contributed by atoms with Gasteiger partial charge < -0.3 is 17.3 Å². The maximum absolute atomic E-state index is 5.92. The Morgan fingerprint density at radius 2 is 1.81 bits per heavy atom. The van der Waals surface area contributed by atoms with E-state index in [1.54, 1.807) is 6.07 Å². The van der Waals surface area contributed by atoms with Crippen LogP contribution in [0, 0.1) is 0 Å². The first-order valence-electron chi connectivity index (χ1n) is 4.21. The smallest absolute Gasteiger partial charge is 0.241 e. The molecule has 0 saturated heterocycles. The van der Waals surface area contributed by atoms with Gasteiger partial charge in [0.05, 0.1) is 5.69 Å². The van der Waals surface area contributed by atoms with Crippen LogP contribution in [0.4, 0.5) is 11.6 Å². The first kappa shape index (κ1) is 11.2. The molecule has 6 nitrogen and oxygen atoms in total. The highest BCUT2D eigenvalue weighted by atomic mass is 79.9. The summed E-state index contributed by atoms with van der Waals surface area (Å²) in [5.74, 6) is 6.23. The minimum absolute atomic E-state index is 0.130. The first-order chi connectivity index (χ1) is 7.50. The molecule has 0 aliphatic carbocycles. The summed E-state index contributed by atoms with van der Waals surface area (Å²) in [6.07, 6.45) is 0. The molecule has 0 bridgehead atoms. The second-order valence-corrected chi connectivity index (χ2v) is 4.87. The fourth-order valence-electron chi connectivity index (χ4n) is 1.26. The molecular weight excluding hydrogens is 340 g/mol. The average Bonchev–Trinajstić information content (AvgIpc) is 2.54. The van der Waals surface area contributed by atoms with Crippen LogP contribution in [0.15, 0.2) is 21.1 Å². The standard InChI is InChI=1S/C8H8Br2N6/c9-3-1-4(6(11)5(10)2-3)7-14-15-8(12)16(7)13/h1-2H,11,13H2,(H2,12,15). The van der Waals surface area contributed by atoms with Crippen LogP contribution in [0.25, 0.3) is 11.4 Å². The maximum atomic E-state index is 5.92. The molecule has 16 heavy (non-hydrogen) atoms. The second-order valence-electron chi connectivity index (χ2n) is 3.10. The third-order valence-corrected chi connectivity index (χ3v) is 3.17. The monoisotopic (exact) mass is 346 g/mol. The van der Waals surface area contributed by atoms with Gasteiger partial charge in [0.1, 0.15) is 0 Å². The van der Waals surface area contributed by atoms with Gasteiger partial charge in [-0.2, -0.15) is 0 Å². The quantitative estimate of drug-likeness (QED) is 0.533. The van der Waals surface area contributed by atoms with Crippen molar-refractivity contribution in [3.05, 3.63) is 21.1 Å². The normalized spacial score (nSPS) is 10.6. The molecule has 0 radical (unpaired) electrons. The van der Waals surface area contributed by atoms with Gasteiger partial charge in [0.25, 0.3) is 0 Å². The van der Waals surface area contributed by atoms with Gasteiger partial charge in [0.15, 0.2) is 5.82 Å². The molecule has 8 heteroatoms. The number of nitrogens with zero attached hydrogens (tertiary/aromatic N) is 3. The number of halogens is 2. The molecule has 6 N–H and O–H groups in total. The molecule has 1 aromatic carbocycles. The third-order valence-electron chi connectivity index (χ3n) is 2.06. The average molecular weight is 348 g/mol. The summed E-state index contributed by atoms with van der Waals surface area (Å²) in [6.45, 7) is 0. The summed E-state index contributed by atoms with van der Waals surface area (Å²) in [7, 11) is 0. The zero-order chi connectivity index (χ0) is 11.9. The molecule has 0 unspecified atom stereocenters. The van der Waals surface area contributed by atoms with Crippen LogP contribution in [0.3, 0.4) is 0 Å². The van der Waals surface area contributed by atoms with E-state index in [2.05, 4.69) is 42.1 Å². The van der Waals surface area contributed by atoms with Crippen molar-refractivity contribution in [2.45, 2.75) is 0 Å². The van der Waals surface area contributed by atoms with Gasteiger partial charge in [0.2, 0.25) is 5.95 Å². The molecule has 0 aliphatic heterocycles. The zero-order valence-electron chi connectivity index (χ0n) is 7.98. The van der Waals surface area contributed by atoms with Crippen molar-refractivity contribution in [2.24, 2.45) is 0 Å². The van der Waals surface area contributed by atoms with E-state index in [-0.39, 0.29) is 5.95 Å². The minimum atomic E-state index is 0.130. The summed E-state index contributed by atoms with van der Waals surface area (Å²) in [5, 5.41) is 7.54. The van der Waals surface area contributed by atoms with Crippen LogP contribution >= 0.6 is 31.9 Å². The van der Waals surface area contributed by atoms with E-state index in [0.29, 0.717) is 17.1 Å². The molecule has 0 aliphatic rings. The van der Waals surface area contributed by atoms with Crippen LogP contribution in [0.2, 0.25) is 0 Å². The van der Waals surface area contributed by atoms with Gasteiger partial charge in [-0.3, -0.25) is 0 Å². The number of nitrogens with two attached hydrogens (primary N) is 3. The number of nitrogen functional groups attached to an aromatic ring is 3. The minimum Gasteiger partial charge on any atom is -0.397 e. The van der Waals surface area contributed by atoms with Crippen molar-refractivity contribution in [1.29, 1.82) is 0 Å². The van der Waals surface area contributed by atoms with Gasteiger partial charge in [-0.05, 0) is 28.1 Å². The van der Waals surface area contributed by atoms with Crippen molar-refractivity contribution >= 4 is 43.5 Å². The van der Waals surface area contributed by atoms with E-state index >= 15 is 0 Å². The van der Waals surface area contributed by atoms with Gasteiger partial charge in [-0.1, -0.05) is 15.9 Å². The van der Waals surface area contributed by atoms with Gasteiger partial charge in [-0.25, -0.2) is 4.68 Å². The molecule has 2 rings (SSSR count). The fourth-order valence-corrected chi connectivity index (χ4v) is 2.48. The zero-order valence-corrected chi connectivity index (χ0v) is 11.2. The van der Waals surface area contributed by atoms with Gasteiger partial charge in [0, 0.05) is 14.5 Å². The van der Waals surface area contributed by atoms with Crippen molar-refractivity contribution in [3.8, 4) is 11.4 Å². The predicted molar refractivity (Wildman–Crippen MR) is 69.8 cm³/mol. The topological polar surface area (TPSA) is 109 Å². The predicted octanol–water partition coefficient (Wildman–Crippen LogP) is 1.35. The van der Waals surface area contributed by atoms with Crippen molar-refractivity contribution < 1.29 is 0 Å². The Morgan fingerprint density at radius 3 is 2.38 bits per heavy atom. The van der Waals surface area contributed by atoms with E-state index in [4.69, 9.17) is 17.3 Å². The number of aromatic nitrogens is 3. The summed E-state index contributed by atoms with van der Waals surface area (Å²) >= 11 is 6.70. The largest absolute Gasteiger partial charge is 0.397 e.